The number of hydrogen-bond donors (Lipinski definition) is 1. The summed E-state index contributed by atoms with van der Waals surface area (Å²) in [4.78, 5) is 0. The van der Waals surface area contributed by atoms with Gasteiger partial charge < -0.3 is 10.1 Å². The van der Waals surface area contributed by atoms with Crippen LogP contribution in [0.3, 0.4) is 0 Å². The van der Waals surface area contributed by atoms with Crippen molar-refractivity contribution in [2.75, 3.05) is 12.0 Å². The van der Waals surface area contributed by atoms with Crippen LogP contribution in [0.5, 0.6) is 5.75 Å². The quantitative estimate of drug-likeness (QED) is 0.812. The van der Waals surface area contributed by atoms with Gasteiger partial charge in [-0.05, 0) is 36.8 Å². The lowest BCUT2D eigenvalue weighted by atomic mass is 10.2. The van der Waals surface area contributed by atoms with Gasteiger partial charge in [-0.1, -0.05) is 24.3 Å². The van der Waals surface area contributed by atoms with E-state index in [1.165, 1.54) is 11.6 Å². The Morgan fingerprint density at radius 2 is 1.94 bits per heavy atom. The van der Waals surface area contributed by atoms with E-state index in [2.05, 4.69) is 5.32 Å². The third-order valence-corrected chi connectivity index (χ3v) is 2.36. The summed E-state index contributed by atoms with van der Waals surface area (Å²) in [6, 6.07) is 14.3. The van der Waals surface area contributed by atoms with E-state index in [9.17, 15) is 4.39 Å². The minimum absolute atomic E-state index is 0.240. The largest absolute Gasteiger partial charge is 0.470 e. The Bertz CT molecular complexity index is 499. The zero-order valence-corrected chi connectivity index (χ0v) is 9.61. The predicted octanol–water partition coefficient (Wildman–Crippen LogP) is 3.58. The SMILES string of the molecule is Cc1cccc(NCOc2ccccc2F)c1. The van der Waals surface area contributed by atoms with Crippen molar-refractivity contribution in [1.29, 1.82) is 0 Å². The Kier molecular flexibility index (Phi) is 3.60. The minimum Gasteiger partial charge on any atom is -0.470 e. The first kappa shape index (κ1) is 11.5. The van der Waals surface area contributed by atoms with E-state index in [1.807, 2.05) is 31.2 Å². The van der Waals surface area contributed by atoms with E-state index >= 15 is 0 Å². The summed E-state index contributed by atoms with van der Waals surface area (Å²) >= 11 is 0. The maximum Gasteiger partial charge on any atom is 0.165 e. The molecule has 0 saturated carbocycles. The fraction of sp³-hybridized carbons (Fsp3) is 0.143. The molecule has 17 heavy (non-hydrogen) atoms. The van der Waals surface area contributed by atoms with Crippen LogP contribution in [0, 0.1) is 12.7 Å². The molecule has 0 saturated heterocycles. The number of rotatable bonds is 4. The van der Waals surface area contributed by atoms with Crippen LogP contribution in [-0.2, 0) is 0 Å². The van der Waals surface area contributed by atoms with Gasteiger partial charge in [0.1, 0.15) is 0 Å². The lowest BCUT2D eigenvalue weighted by Gasteiger charge is -2.09. The Morgan fingerprint density at radius 3 is 2.71 bits per heavy atom. The van der Waals surface area contributed by atoms with Crippen molar-refractivity contribution in [3.8, 4) is 5.75 Å². The monoisotopic (exact) mass is 231 g/mol. The average Bonchev–Trinajstić information content (AvgIpc) is 2.32. The third kappa shape index (κ3) is 3.21. The fourth-order valence-corrected chi connectivity index (χ4v) is 1.51. The van der Waals surface area contributed by atoms with Gasteiger partial charge in [-0.3, -0.25) is 0 Å². The summed E-state index contributed by atoms with van der Waals surface area (Å²) in [7, 11) is 0. The highest BCUT2D eigenvalue weighted by Crippen LogP contribution is 2.15. The molecule has 0 radical (unpaired) electrons. The fourth-order valence-electron chi connectivity index (χ4n) is 1.51. The molecule has 0 aliphatic carbocycles. The Morgan fingerprint density at radius 1 is 1.12 bits per heavy atom. The molecule has 0 bridgehead atoms. The molecule has 0 aromatic heterocycles. The second-order valence-electron chi connectivity index (χ2n) is 3.77. The zero-order valence-electron chi connectivity index (χ0n) is 9.61. The molecule has 2 aromatic rings. The van der Waals surface area contributed by atoms with E-state index < -0.39 is 0 Å². The summed E-state index contributed by atoms with van der Waals surface area (Å²) in [6.07, 6.45) is 0. The summed E-state index contributed by atoms with van der Waals surface area (Å²) in [6.45, 7) is 2.26. The molecule has 0 fully saturated rings. The molecule has 2 nitrogen and oxygen atoms in total. The first-order valence-electron chi connectivity index (χ1n) is 5.43. The Labute approximate surface area is 100 Å². The molecule has 0 aliphatic rings. The predicted molar refractivity (Wildman–Crippen MR) is 66.7 cm³/mol. The maximum atomic E-state index is 13.2. The van der Waals surface area contributed by atoms with E-state index in [1.54, 1.807) is 18.2 Å². The van der Waals surface area contributed by atoms with Crippen molar-refractivity contribution in [3.05, 3.63) is 59.9 Å². The minimum atomic E-state index is -0.349. The number of para-hydroxylation sites is 1. The van der Waals surface area contributed by atoms with Crippen LogP contribution in [0.2, 0.25) is 0 Å². The standard InChI is InChI=1S/C14H14FNO/c1-11-5-4-6-12(9-11)16-10-17-14-8-3-2-7-13(14)15/h2-9,16H,10H2,1H3. The first-order chi connectivity index (χ1) is 8.25. The molecule has 2 aromatic carbocycles. The van der Waals surface area contributed by atoms with E-state index in [-0.39, 0.29) is 18.3 Å². The molecule has 0 aliphatic heterocycles. The molecular formula is C14H14FNO. The van der Waals surface area contributed by atoms with Gasteiger partial charge in [0.25, 0.3) is 0 Å². The van der Waals surface area contributed by atoms with Crippen LogP contribution in [0.15, 0.2) is 48.5 Å². The van der Waals surface area contributed by atoms with Crippen LogP contribution in [0.4, 0.5) is 10.1 Å². The molecule has 0 amide bonds. The number of benzene rings is 2. The molecule has 0 atom stereocenters. The summed E-state index contributed by atoms with van der Waals surface area (Å²) in [5.74, 6) is -0.0915. The number of nitrogens with one attached hydrogen (secondary N) is 1. The Hall–Kier alpha value is -2.03. The molecule has 88 valence electrons. The average molecular weight is 231 g/mol. The van der Waals surface area contributed by atoms with Gasteiger partial charge in [0.05, 0.1) is 0 Å². The molecule has 3 heteroatoms. The molecule has 1 N–H and O–H groups in total. The van der Waals surface area contributed by atoms with Crippen molar-refractivity contribution >= 4 is 5.69 Å². The number of halogens is 1. The second-order valence-corrected chi connectivity index (χ2v) is 3.77. The number of ether oxygens (including phenoxy) is 1. The van der Waals surface area contributed by atoms with Gasteiger partial charge in [0.2, 0.25) is 0 Å². The van der Waals surface area contributed by atoms with Crippen LogP contribution >= 0.6 is 0 Å². The van der Waals surface area contributed by atoms with E-state index in [0.29, 0.717) is 0 Å². The lowest BCUT2D eigenvalue weighted by Crippen LogP contribution is -2.09. The maximum absolute atomic E-state index is 13.2. The second kappa shape index (κ2) is 5.34. The highest BCUT2D eigenvalue weighted by Gasteiger charge is 2.00. The number of hydrogen-bond acceptors (Lipinski definition) is 2. The highest BCUT2D eigenvalue weighted by atomic mass is 19.1. The lowest BCUT2D eigenvalue weighted by molar-refractivity contribution is 0.327. The summed E-state index contributed by atoms with van der Waals surface area (Å²) in [5, 5.41) is 3.07. The van der Waals surface area contributed by atoms with Gasteiger partial charge in [0, 0.05) is 5.69 Å². The van der Waals surface area contributed by atoms with Crippen LogP contribution in [0.25, 0.3) is 0 Å². The van der Waals surface area contributed by atoms with Crippen molar-refractivity contribution in [3.63, 3.8) is 0 Å². The van der Waals surface area contributed by atoms with Gasteiger partial charge in [-0.25, -0.2) is 4.39 Å². The van der Waals surface area contributed by atoms with Gasteiger partial charge in [0.15, 0.2) is 18.3 Å². The van der Waals surface area contributed by atoms with E-state index in [4.69, 9.17) is 4.74 Å². The topological polar surface area (TPSA) is 21.3 Å². The van der Waals surface area contributed by atoms with Crippen LogP contribution < -0.4 is 10.1 Å². The van der Waals surface area contributed by atoms with Crippen LogP contribution in [-0.4, -0.2) is 6.73 Å². The molecule has 0 spiro atoms. The number of anilines is 1. The highest BCUT2D eigenvalue weighted by molar-refractivity contribution is 5.45. The van der Waals surface area contributed by atoms with Gasteiger partial charge in [-0.15, -0.1) is 0 Å². The van der Waals surface area contributed by atoms with Crippen LogP contribution in [0.1, 0.15) is 5.56 Å². The van der Waals surface area contributed by atoms with E-state index in [0.717, 1.165) is 5.69 Å². The Balaban J connectivity index is 1.90. The van der Waals surface area contributed by atoms with Crippen molar-refractivity contribution in [2.24, 2.45) is 0 Å². The molecule has 0 unspecified atom stereocenters. The van der Waals surface area contributed by atoms with Gasteiger partial charge in [-0.2, -0.15) is 0 Å². The van der Waals surface area contributed by atoms with Crippen molar-refractivity contribution < 1.29 is 9.13 Å². The van der Waals surface area contributed by atoms with Crippen molar-refractivity contribution in [2.45, 2.75) is 6.92 Å². The van der Waals surface area contributed by atoms with Crippen molar-refractivity contribution in [1.82, 2.24) is 0 Å². The third-order valence-electron chi connectivity index (χ3n) is 2.36. The first-order valence-corrected chi connectivity index (χ1v) is 5.43. The van der Waals surface area contributed by atoms with Gasteiger partial charge >= 0.3 is 0 Å². The summed E-state index contributed by atoms with van der Waals surface area (Å²) < 4.78 is 18.5. The smallest absolute Gasteiger partial charge is 0.165 e. The molecule has 2 rings (SSSR count). The number of aryl methyl sites for hydroxylation is 1. The normalized spacial score (nSPS) is 10.0. The summed E-state index contributed by atoms with van der Waals surface area (Å²) in [5.41, 5.74) is 2.13. The zero-order chi connectivity index (χ0) is 12.1. The molecule has 0 heterocycles. The molecular weight excluding hydrogens is 217 g/mol.